The molecule has 0 aromatic carbocycles. The van der Waals surface area contributed by atoms with Gasteiger partial charge in [0.2, 0.25) is 5.78 Å². The van der Waals surface area contributed by atoms with Crippen molar-refractivity contribution in [2.75, 3.05) is 32.8 Å². The molecule has 104 valence electrons. The molecule has 0 saturated carbocycles. The first kappa shape index (κ1) is 13.0. The first-order valence-electron chi connectivity index (χ1n) is 6.51. The van der Waals surface area contributed by atoms with E-state index >= 15 is 0 Å². The lowest BCUT2D eigenvalue weighted by molar-refractivity contribution is 0.0415. The zero-order valence-corrected chi connectivity index (χ0v) is 11.0. The molecule has 2 heterocycles. The molecule has 0 bridgehead atoms. The lowest BCUT2D eigenvalue weighted by Crippen LogP contribution is -2.40. The number of fused-ring (bicyclic) bond motifs is 1. The number of aromatic nitrogens is 1. The Morgan fingerprint density at radius 3 is 2.75 bits per heavy atom. The zero-order valence-electron chi connectivity index (χ0n) is 11.0. The van der Waals surface area contributed by atoms with Gasteiger partial charge in [-0.1, -0.05) is 0 Å². The topological polar surface area (TPSA) is 85.5 Å². The fourth-order valence-electron chi connectivity index (χ4n) is 2.46. The summed E-state index contributed by atoms with van der Waals surface area (Å²) < 4.78 is 5.27. The highest BCUT2D eigenvalue weighted by molar-refractivity contribution is 6.25. The van der Waals surface area contributed by atoms with Gasteiger partial charge in [0, 0.05) is 31.4 Å². The van der Waals surface area contributed by atoms with Gasteiger partial charge in [-0.15, -0.1) is 0 Å². The average Bonchev–Trinajstić information content (AvgIpc) is 2.50. The number of carbonyl (C=O) groups excluding carboxylic acids is 2. The van der Waals surface area contributed by atoms with Crippen molar-refractivity contribution in [2.24, 2.45) is 5.73 Å². The average molecular weight is 273 g/mol. The van der Waals surface area contributed by atoms with Gasteiger partial charge in [0.1, 0.15) is 5.69 Å². The summed E-state index contributed by atoms with van der Waals surface area (Å²) in [5, 5.41) is 0. The van der Waals surface area contributed by atoms with Crippen LogP contribution in [0.25, 0.3) is 0 Å². The third kappa shape index (κ3) is 2.13. The Balaban J connectivity index is 1.92. The maximum absolute atomic E-state index is 12.5. The van der Waals surface area contributed by atoms with Crippen LogP contribution in [-0.2, 0) is 4.74 Å². The van der Waals surface area contributed by atoms with E-state index in [1.807, 2.05) is 0 Å². The largest absolute Gasteiger partial charge is 0.395 e. The van der Waals surface area contributed by atoms with Crippen LogP contribution in [-0.4, -0.2) is 54.3 Å². The van der Waals surface area contributed by atoms with E-state index in [-0.39, 0.29) is 23.0 Å². The van der Waals surface area contributed by atoms with Crippen molar-refractivity contribution >= 4 is 11.6 Å². The molecule has 2 N–H and O–H groups in total. The van der Waals surface area contributed by atoms with Gasteiger partial charge in [-0.05, 0) is 12.1 Å². The fourth-order valence-corrected chi connectivity index (χ4v) is 2.46. The van der Waals surface area contributed by atoms with Crippen molar-refractivity contribution in [3.05, 3.63) is 40.9 Å². The predicted molar refractivity (Wildman–Crippen MR) is 71.4 cm³/mol. The number of nitrogens with two attached hydrogens (primary N) is 1. The van der Waals surface area contributed by atoms with E-state index in [4.69, 9.17) is 10.5 Å². The third-order valence-corrected chi connectivity index (χ3v) is 3.60. The van der Waals surface area contributed by atoms with Crippen LogP contribution in [0.2, 0.25) is 0 Å². The molecule has 0 radical (unpaired) electrons. The molecular weight excluding hydrogens is 258 g/mol. The van der Waals surface area contributed by atoms with Crippen molar-refractivity contribution in [1.82, 2.24) is 9.88 Å². The highest BCUT2D eigenvalue weighted by atomic mass is 16.5. The number of nitrogens with zero attached hydrogens (tertiary/aromatic N) is 2. The van der Waals surface area contributed by atoms with Crippen molar-refractivity contribution < 1.29 is 14.3 Å². The van der Waals surface area contributed by atoms with E-state index in [1.54, 1.807) is 12.1 Å². The summed E-state index contributed by atoms with van der Waals surface area (Å²) in [6.07, 6.45) is 1.49. The molecular formula is C14H15N3O3. The number of Topliss-reactive ketones (excluding diaryl/α,β-unsaturated/α-hetero) is 2. The number of allylic oxidation sites excluding steroid dienone is 1. The van der Waals surface area contributed by atoms with E-state index < -0.39 is 0 Å². The predicted octanol–water partition coefficient (Wildman–Crippen LogP) is 0.00560. The lowest BCUT2D eigenvalue weighted by Gasteiger charge is -2.28. The monoisotopic (exact) mass is 273 g/mol. The number of hydrogen-bond acceptors (Lipinski definition) is 6. The molecule has 1 aromatic heterocycles. The smallest absolute Gasteiger partial charge is 0.228 e. The fraction of sp³-hybridized carbons (Fsp3) is 0.357. The standard InChI is InChI=1S/C14H15N3O3/c15-11-10(8-17-4-6-20-7-5-17)13(18)9-2-1-3-16-12(9)14(11)19/h1-3H,4-8,15H2. The van der Waals surface area contributed by atoms with E-state index in [0.29, 0.717) is 30.9 Å². The lowest BCUT2D eigenvalue weighted by atomic mass is 9.90. The summed E-state index contributed by atoms with van der Waals surface area (Å²) in [4.78, 5) is 30.7. The molecule has 2 aliphatic rings. The number of ether oxygens (including phenoxy) is 1. The summed E-state index contributed by atoms with van der Waals surface area (Å²) in [6.45, 7) is 3.12. The second-order valence-electron chi connectivity index (χ2n) is 4.84. The van der Waals surface area contributed by atoms with Crippen molar-refractivity contribution in [3.63, 3.8) is 0 Å². The Labute approximate surface area is 116 Å². The van der Waals surface area contributed by atoms with Crippen LogP contribution < -0.4 is 5.73 Å². The second-order valence-corrected chi connectivity index (χ2v) is 4.84. The van der Waals surface area contributed by atoms with Gasteiger partial charge in [0.15, 0.2) is 5.78 Å². The molecule has 0 spiro atoms. The normalized spacial score (nSPS) is 20.2. The summed E-state index contributed by atoms with van der Waals surface area (Å²) in [7, 11) is 0. The van der Waals surface area contributed by atoms with Crippen LogP contribution in [0.1, 0.15) is 20.8 Å². The molecule has 1 saturated heterocycles. The molecule has 3 rings (SSSR count). The van der Waals surface area contributed by atoms with Crippen molar-refractivity contribution in [2.45, 2.75) is 0 Å². The first-order valence-corrected chi connectivity index (χ1v) is 6.51. The van der Waals surface area contributed by atoms with Gasteiger partial charge in [0.25, 0.3) is 0 Å². The van der Waals surface area contributed by atoms with Gasteiger partial charge in [-0.3, -0.25) is 19.5 Å². The minimum absolute atomic E-state index is 0.0210. The number of carbonyl (C=O) groups is 2. The third-order valence-electron chi connectivity index (χ3n) is 3.60. The van der Waals surface area contributed by atoms with Crippen LogP contribution >= 0.6 is 0 Å². The highest BCUT2D eigenvalue weighted by Gasteiger charge is 2.32. The number of morpholine rings is 1. The van der Waals surface area contributed by atoms with Crippen LogP contribution in [0.3, 0.4) is 0 Å². The van der Waals surface area contributed by atoms with E-state index in [1.165, 1.54) is 6.20 Å². The maximum atomic E-state index is 12.5. The molecule has 6 heteroatoms. The molecule has 1 aliphatic carbocycles. The molecule has 1 fully saturated rings. The number of rotatable bonds is 2. The maximum Gasteiger partial charge on any atom is 0.228 e. The minimum atomic E-state index is -0.358. The van der Waals surface area contributed by atoms with Crippen LogP contribution in [0, 0.1) is 0 Å². The Hall–Kier alpha value is -2.05. The molecule has 20 heavy (non-hydrogen) atoms. The van der Waals surface area contributed by atoms with Crippen molar-refractivity contribution in [1.29, 1.82) is 0 Å². The molecule has 1 aromatic rings. The Kier molecular flexibility index (Phi) is 3.33. The Bertz CT molecular complexity index is 603. The Morgan fingerprint density at radius 1 is 1.25 bits per heavy atom. The summed E-state index contributed by atoms with van der Waals surface area (Å²) in [5.74, 6) is -0.555. The van der Waals surface area contributed by atoms with Gasteiger partial charge >= 0.3 is 0 Å². The van der Waals surface area contributed by atoms with Crippen molar-refractivity contribution in [3.8, 4) is 0 Å². The van der Waals surface area contributed by atoms with Crippen LogP contribution in [0.5, 0.6) is 0 Å². The first-order chi connectivity index (χ1) is 9.68. The van der Waals surface area contributed by atoms with Gasteiger partial charge < -0.3 is 10.5 Å². The SMILES string of the molecule is NC1=C(CN2CCOCC2)C(=O)c2cccnc2C1=O. The van der Waals surface area contributed by atoms with Crippen LogP contribution in [0.15, 0.2) is 29.6 Å². The van der Waals surface area contributed by atoms with E-state index in [0.717, 1.165) is 13.1 Å². The summed E-state index contributed by atoms with van der Waals surface area (Å²) in [5.41, 5.74) is 6.75. The molecule has 1 aliphatic heterocycles. The quantitative estimate of drug-likeness (QED) is 0.816. The second kappa shape index (κ2) is 5.15. The zero-order chi connectivity index (χ0) is 14.1. The highest BCUT2D eigenvalue weighted by Crippen LogP contribution is 2.23. The number of pyridine rings is 1. The van der Waals surface area contributed by atoms with E-state index in [9.17, 15) is 9.59 Å². The Morgan fingerprint density at radius 2 is 2.00 bits per heavy atom. The summed E-state index contributed by atoms with van der Waals surface area (Å²) >= 11 is 0. The van der Waals surface area contributed by atoms with Gasteiger partial charge in [-0.2, -0.15) is 0 Å². The van der Waals surface area contributed by atoms with Gasteiger partial charge in [-0.25, -0.2) is 0 Å². The molecule has 0 unspecified atom stereocenters. The molecule has 6 nitrogen and oxygen atoms in total. The number of hydrogen-bond donors (Lipinski definition) is 1. The van der Waals surface area contributed by atoms with Gasteiger partial charge in [0.05, 0.1) is 24.5 Å². The minimum Gasteiger partial charge on any atom is -0.395 e. The molecule has 0 amide bonds. The molecule has 0 atom stereocenters. The van der Waals surface area contributed by atoms with Crippen LogP contribution in [0.4, 0.5) is 0 Å². The summed E-state index contributed by atoms with van der Waals surface area (Å²) in [6, 6.07) is 3.27. The number of ketones is 2. The van der Waals surface area contributed by atoms with E-state index in [2.05, 4.69) is 9.88 Å².